The Bertz CT molecular complexity index is 900. The highest BCUT2D eigenvalue weighted by molar-refractivity contribution is 5.95. The maximum atomic E-state index is 13.9. The summed E-state index contributed by atoms with van der Waals surface area (Å²) in [5.41, 5.74) is 6.48. The van der Waals surface area contributed by atoms with Crippen molar-refractivity contribution in [2.45, 2.75) is 0 Å². The van der Waals surface area contributed by atoms with Gasteiger partial charge in [0, 0.05) is 17.6 Å². The molecule has 1 radical (unpaired) electrons. The number of nitrogens with zero attached hydrogens (tertiary/aromatic N) is 3. The third-order valence-electron chi connectivity index (χ3n) is 3.23. The largest absolute Gasteiger partial charge is 0.481 e. The summed E-state index contributed by atoms with van der Waals surface area (Å²) < 4.78 is 19.7. The number of pyridine rings is 1. The predicted octanol–water partition coefficient (Wildman–Crippen LogP) is 2.48. The molecule has 0 atom stereocenters. The van der Waals surface area contributed by atoms with E-state index in [1.54, 1.807) is 30.5 Å². The van der Waals surface area contributed by atoms with Crippen molar-refractivity contribution >= 4 is 29.1 Å². The van der Waals surface area contributed by atoms with Gasteiger partial charge < -0.3 is 10.5 Å². The van der Waals surface area contributed by atoms with Crippen molar-refractivity contribution in [3.05, 3.63) is 53.6 Å². The summed E-state index contributed by atoms with van der Waals surface area (Å²) in [7, 11) is 1.53. The molecule has 2 N–H and O–H groups in total. The van der Waals surface area contributed by atoms with Crippen LogP contribution in [0.4, 0.5) is 9.18 Å². The fourth-order valence-corrected chi connectivity index (χ4v) is 2.15. The molecule has 6 nitrogen and oxygen atoms in total. The van der Waals surface area contributed by atoms with Crippen LogP contribution in [0, 0.1) is 11.9 Å². The van der Waals surface area contributed by atoms with E-state index in [4.69, 9.17) is 10.5 Å². The van der Waals surface area contributed by atoms with Crippen molar-refractivity contribution in [3.63, 3.8) is 0 Å². The first-order valence-corrected chi connectivity index (χ1v) is 6.66. The number of amides is 1. The Hall–Kier alpha value is -3.22. The van der Waals surface area contributed by atoms with Crippen LogP contribution in [0.3, 0.4) is 0 Å². The van der Waals surface area contributed by atoms with Gasteiger partial charge in [-0.1, -0.05) is 6.08 Å². The first-order chi connectivity index (χ1) is 11.1. The Morgan fingerprint density at radius 1 is 1.39 bits per heavy atom. The number of primary amides is 1. The van der Waals surface area contributed by atoms with E-state index in [1.807, 2.05) is 6.07 Å². The van der Waals surface area contributed by atoms with Crippen LogP contribution in [0.25, 0.3) is 23.1 Å². The fourth-order valence-electron chi connectivity index (χ4n) is 2.15. The maximum Gasteiger partial charge on any atom is 0.340 e. The molecule has 0 aliphatic heterocycles. The molecule has 3 aromatic rings. The number of halogens is 1. The number of hydrogen-bond acceptors (Lipinski definition) is 4. The molecule has 2 heterocycles. The summed E-state index contributed by atoms with van der Waals surface area (Å²) in [5, 5.41) is 4.49. The molecule has 0 saturated heterocycles. The van der Waals surface area contributed by atoms with Crippen LogP contribution in [0.2, 0.25) is 0 Å². The molecule has 1 amide bonds. The lowest BCUT2D eigenvalue weighted by molar-refractivity contribution is 0.248. The van der Waals surface area contributed by atoms with Gasteiger partial charge in [0.15, 0.2) is 0 Å². The number of ether oxygens (including phenoxy) is 1. The van der Waals surface area contributed by atoms with E-state index in [2.05, 4.69) is 16.1 Å². The summed E-state index contributed by atoms with van der Waals surface area (Å²) in [4.78, 5) is 15.5. The minimum atomic E-state index is -0.856. The van der Waals surface area contributed by atoms with Crippen LogP contribution in [0.1, 0.15) is 11.3 Å². The highest BCUT2D eigenvalue weighted by Gasteiger charge is 2.15. The molecule has 7 heteroatoms. The Labute approximate surface area is 131 Å². The first kappa shape index (κ1) is 14.7. The molecular weight excluding hydrogens is 299 g/mol. The predicted molar refractivity (Wildman–Crippen MR) is 83.2 cm³/mol. The number of carbonyl (C=O) groups is 1. The summed E-state index contributed by atoms with van der Waals surface area (Å²) in [6, 6.07) is 8.02. The second-order valence-electron chi connectivity index (χ2n) is 4.67. The number of methoxy groups -OCH3 is 1. The molecule has 115 valence electrons. The number of aromatic nitrogens is 3. The number of nitrogens with two attached hydrogens (primary N) is 1. The van der Waals surface area contributed by atoms with Crippen molar-refractivity contribution in [1.29, 1.82) is 0 Å². The normalized spacial score (nSPS) is 11.2. The molecule has 0 unspecified atom stereocenters. The highest BCUT2D eigenvalue weighted by atomic mass is 19.1. The lowest BCUT2D eigenvalue weighted by Gasteiger charge is -1.97. The van der Waals surface area contributed by atoms with Crippen molar-refractivity contribution in [1.82, 2.24) is 14.8 Å². The van der Waals surface area contributed by atoms with Crippen molar-refractivity contribution < 1.29 is 13.9 Å². The van der Waals surface area contributed by atoms with E-state index < -0.39 is 11.8 Å². The lowest BCUT2D eigenvalue weighted by Crippen LogP contribution is -2.21. The molecule has 3 rings (SSSR count). The summed E-state index contributed by atoms with van der Waals surface area (Å²) in [5.74, 6) is -0.109. The van der Waals surface area contributed by atoms with Crippen LogP contribution in [-0.4, -0.2) is 27.9 Å². The lowest BCUT2D eigenvalue weighted by atomic mass is 10.1. The number of hydrogen-bond donors (Lipinski definition) is 1. The number of fused-ring (bicyclic) bond motifs is 1. The number of benzene rings is 1. The Balaban J connectivity index is 2.04. The van der Waals surface area contributed by atoms with Crippen molar-refractivity contribution in [2.24, 2.45) is 5.73 Å². The zero-order valence-electron chi connectivity index (χ0n) is 12.2. The molecule has 23 heavy (non-hydrogen) atoms. The second kappa shape index (κ2) is 5.88. The SMILES string of the molecule is COc1ccc(C=Cc2nn(C(N)=O)c3c(F)c[c]cc23)cn1. The molecule has 0 spiro atoms. The van der Waals surface area contributed by atoms with E-state index in [9.17, 15) is 9.18 Å². The van der Waals surface area contributed by atoms with Gasteiger partial charge in [0.25, 0.3) is 0 Å². The maximum absolute atomic E-state index is 13.9. The summed E-state index contributed by atoms with van der Waals surface area (Å²) in [6.07, 6.45) is 5.01. The van der Waals surface area contributed by atoms with Gasteiger partial charge in [-0.15, -0.1) is 0 Å². The fraction of sp³-hybridized carbons (Fsp3) is 0.0625. The second-order valence-corrected chi connectivity index (χ2v) is 4.67. The molecule has 2 aromatic heterocycles. The van der Waals surface area contributed by atoms with Crippen LogP contribution in [-0.2, 0) is 0 Å². The van der Waals surface area contributed by atoms with E-state index in [1.165, 1.54) is 7.11 Å². The average molecular weight is 311 g/mol. The average Bonchev–Trinajstić information content (AvgIpc) is 2.94. The Kier molecular flexibility index (Phi) is 3.76. The molecule has 0 saturated carbocycles. The third-order valence-corrected chi connectivity index (χ3v) is 3.23. The zero-order chi connectivity index (χ0) is 16.4. The van der Waals surface area contributed by atoms with Gasteiger partial charge in [-0.05, 0) is 35.9 Å². The van der Waals surface area contributed by atoms with Crippen LogP contribution >= 0.6 is 0 Å². The van der Waals surface area contributed by atoms with Gasteiger partial charge >= 0.3 is 6.03 Å². The van der Waals surface area contributed by atoms with Gasteiger partial charge in [0.1, 0.15) is 11.3 Å². The quantitative estimate of drug-likeness (QED) is 0.805. The van der Waals surface area contributed by atoms with E-state index in [-0.39, 0.29) is 5.52 Å². The topological polar surface area (TPSA) is 83.0 Å². The first-order valence-electron chi connectivity index (χ1n) is 6.66. The molecule has 0 aliphatic rings. The highest BCUT2D eigenvalue weighted by Crippen LogP contribution is 2.23. The molecule has 0 aliphatic carbocycles. The smallest absolute Gasteiger partial charge is 0.340 e. The van der Waals surface area contributed by atoms with Gasteiger partial charge in [-0.25, -0.2) is 14.2 Å². The zero-order valence-corrected chi connectivity index (χ0v) is 12.2. The van der Waals surface area contributed by atoms with Crippen molar-refractivity contribution in [2.75, 3.05) is 7.11 Å². The molecule has 0 bridgehead atoms. The van der Waals surface area contributed by atoms with E-state index >= 15 is 0 Å². The van der Waals surface area contributed by atoms with Crippen molar-refractivity contribution in [3.8, 4) is 5.88 Å². The molecule has 0 fully saturated rings. The van der Waals surface area contributed by atoms with Crippen LogP contribution in [0.5, 0.6) is 5.88 Å². The van der Waals surface area contributed by atoms with Crippen LogP contribution in [0.15, 0.2) is 30.5 Å². The minimum Gasteiger partial charge on any atom is -0.481 e. The van der Waals surface area contributed by atoms with Gasteiger partial charge in [0.05, 0.1) is 12.8 Å². The van der Waals surface area contributed by atoms with E-state index in [0.717, 1.165) is 16.3 Å². The third kappa shape index (κ3) is 2.76. The minimum absolute atomic E-state index is 0.0313. The molecule has 1 aromatic carbocycles. The van der Waals surface area contributed by atoms with Gasteiger partial charge in [-0.2, -0.15) is 9.78 Å². The number of rotatable bonds is 3. The Morgan fingerprint density at radius 2 is 2.22 bits per heavy atom. The summed E-state index contributed by atoms with van der Waals surface area (Å²) >= 11 is 0. The van der Waals surface area contributed by atoms with E-state index in [0.29, 0.717) is 17.0 Å². The number of carbonyl (C=O) groups excluding carboxylic acids is 1. The van der Waals surface area contributed by atoms with Gasteiger partial charge in [-0.3, -0.25) is 0 Å². The monoisotopic (exact) mass is 311 g/mol. The Morgan fingerprint density at radius 3 is 2.87 bits per heavy atom. The molecular formula is C16H12FN4O2. The standard InChI is InChI=1S/C16H12FN4O2/c1-23-14-8-6-10(9-19-14)5-7-13-11-3-2-4-12(17)15(11)21(20-13)16(18)22/h3-9H,1H3,(H2,18,22). The van der Waals surface area contributed by atoms with Gasteiger partial charge in [0.2, 0.25) is 5.88 Å². The van der Waals surface area contributed by atoms with Crippen LogP contribution < -0.4 is 10.5 Å². The summed E-state index contributed by atoms with van der Waals surface area (Å²) in [6.45, 7) is 0.